The van der Waals surface area contributed by atoms with E-state index >= 15 is 0 Å². The van der Waals surface area contributed by atoms with Crippen molar-refractivity contribution in [3.8, 4) is 17.2 Å². The number of nitrogens with zero attached hydrogens (tertiary/aromatic N) is 2. The number of halogens is 2. The summed E-state index contributed by atoms with van der Waals surface area (Å²) in [4.78, 5) is 12.3. The molecule has 0 atom stereocenters. The minimum absolute atomic E-state index is 0.112. The van der Waals surface area contributed by atoms with Crippen LogP contribution in [-0.4, -0.2) is 9.13 Å². The van der Waals surface area contributed by atoms with Crippen molar-refractivity contribution in [1.82, 2.24) is 9.13 Å². The fraction of sp³-hybridized carbons (Fsp3) is 0.160. The Labute approximate surface area is 191 Å². The standard InChI is InChI=1S/C25H22Cl2N2O2/c1-16-4-8-19(9-5-16)14-28-15-21(10-11-24(28)30)31-25-22(26)12-20(13-23(25)27)29-17(2)6-7-18(29)3/h4-13,15H,14H2,1-3H3. The molecule has 0 radical (unpaired) electrons. The van der Waals surface area contributed by atoms with Gasteiger partial charge in [-0.05, 0) is 56.7 Å². The molecule has 0 bridgehead atoms. The van der Waals surface area contributed by atoms with E-state index in [2.05, 4.69) is 4.57 Å². The van der Waals surface area contributed by atoms with Gasteiger partial charge in [0.25, 0.3) is 5.56 Å². The fourth-order valence-electron chi connectivity index (χ4n) is 3.55. The second-order valence-electron chi connectivity index (χ2n) is 7.61. The Hall–Kier alpha value is -2.95. The lowest BCUT2D eigenvalue weighted by atomic mass is 10.1. The van der Waals surface area contributed by atoms with Gasteiger partial charge in [-0.15, -0.1) is 0 Å². The van der Waals surface area contributed by atoms with Crippen LogP contribution in [0.15, 0.2) is 71.7 Å². The normalized spacial score (nSPS) is 11.0. The van der Waals surface area contributed by atoms with Gasteiger partial charge in [-0.25, -0.2) is 0 Å². The van der Waals surface area contributed by atoms with Gasteiger partial charge in [-0.3, -0.25) is 4.79 Å². The third-order valence-electron chi connectivity index (χ3n) is 5.16. The Bertz CT molecular complexity index is 1260. The number of aryl methyl sites for hydroxylation is 3. The van der Waals surface area contributed by atoms with Crippen molar-refractivity contribution in [3.63, 3.8) is 0 Å². The van der Waals surface area contributed by atoms with Crippen molar-refractivity contribution in [3.05, 3.63) is 110 Å². The summed E-state index contributed by atoms with van der Waals surface area (Å²) in [5.41, 5.74) is 5.13. The first-order chi connectivity index (χ1) is 14.8. The number of benzene rings is 2. The van der Waals surface area contributed by atoms with Crippen LogP contribution in [0.5, 0.6) is 11.5 Å². The predicted octanol–water partition coefficient (Wildman–Crippen LogP) is 6.71. The Morgan fingerprint density at radius 3 is 2.06 bits per heavy atom. The largest absolute Gasteiger partial charge is 0.453 e. The molecule has 0 saturated carbocycles. The first kappa shape index (κ1) is 21.3. The van der Waals surface area contributed by atoms with Gasteiger partial charge in [-0.1, -0.05) is 53.0 Å². The van der Waals surface area contributed by atoms with E-state index in [0.717, 1.165) is 22.6 Å². The lowest BCUT2D eigenvalue weighted by Crippen LogP contribution is -2.18. The van der Waals surface area contributed by atoms with Crippen LogP contribution in [0.25, 0.3) is 5.69 Å². The summed E-state index contributed by atoms with van der Waals surface area (Å²) in [6.45, 7) is 6.53. The molecule has 2 heterocycles. The predicted molar refractivity (Wildman–Crippen MR) is 126 cm³/mol. The molecular weight excluding hydrogens is 431 g/mol. The van der Waals surface area contributed by atoms with Crippen molar-refractivity contribution in [2.45, 2.75) is 27.3 Å². The molecule has 4 nitrogen and oxygen atoms in total. The zero-order chi connectivity index (χ0) is 22.1. The third-order valence-corrected chi connectivity index (χ3v) is 5.72. The number of pyridine rings is 1. The number of hydrogen-bond acceptors (Lipinski definition) is 2. The Morgan fingerprint density at radius 1 is 0.839 bits per heavy atom. The number of rotatable bonds is 5. The zero-order valence-electron chi connectivity index (χ0n) is 17.5. The molecule has 0 aliphatic rings. The summed E-state index contributed by atoms with van der Waals surface area (Å²) < 4.78 is 9.67. The topological polar surface area (TPSA) is 36.2 Å². The van der Waals surface area contributed by atoms with Crippen LogP contribution in [0, 0.1) is 20.8 Å². The van der Waals surface area contributed by atoms with Crippen molar-refractivity contribution >= 4 is 23.2 Å². The highest BCUT2D eigenvalue weighted by Crippen LogP contribution is 2.38. The maximum Gasteiger partial charge on any atom is 0.251 e. The lowest BCUT2D eigenvalue weighted by Gasteiger charge is -2.15. The second-order valence-corrected chi connectivity index (χ2v) is 8.42. The minimum Gasteiger partial charge on any atom is -0.453 e. The molecule has 0 aliphatic heterocycles. The van der Waals surface area contributed by atoms with E-state index in [4.69, 9.17) is 27.9 Å². The van der Waals surface area contributed by atoms with Gasteiger partial charge in [0, 0.05) is 23.1 Å². The van der Waals surface area contributed by atoms with Gasteiger partial charge in [0.05, 0.1) is 22.8 Å². The van der Waals surface area contributed by atoms with Crippen molar-refractivity contribution in [2.24, 2.45) is 0 Å². The van der Waals surface area contributed by atoms with Crippen molar-refractivity contribution < 1.29 is 4.74 Å². The Kier molecular flexibility index (Phi) is 5.94. The molecule has 0 N–H and O–H groups in total. The van der Waals surface area contributed by atoms with Crippen LogP contribution in [0.4, 0.5) is 0 Å². The zero-order valence-corrected chi connectivity index (χ0v) is 19.0. The molecule has 0 aliphatic carbocycles. The molecule has 4 aromatic rings. The summed E-state index contributed by atoms with van der Waals surface area (Å²) in [5.74, 6) is 0.840. The summed E-state index contributed by atoms with van der Waals surface area (Å²) in [7, 11) is 0. The summed E-state index contributed by atoms with van der Waals surface area (Å²) in [6.07, 6.45) is 1.67. The molecule has 0 saturated heterocycles. The SMILES string of the molecule is Cc1ccc(Cn2cc(Oc3c(Cl)cc(-n4c(C)ccc4C)cc3Cl)ccc2=O)cc1. The molecule has 31 heavy (non-hydrogen) atoms. The minimum atomic E-state index is -0.112. The molecular formula is C25H22Cl2N2O2. The van der Waals surface area contributed by atoms with Gasteiger partial charge in [-0.2, -0.15) is 0 Å². The summed E-state index contributed by atoms with van der Waals surface area (Å²) in [6, 6.07) is 18.9. The first-order valence-electron chi connectivity index (χ1n) is 9.90. The van der Waals surface area contributed by atoms with Crippen LogP contribution >= 0.6 is 23.2 Å². The molecule has 0 spiro atoms. The van der Waals surface area contributed by atoms with Crippen LogP contribution in [-0.2, 0) is 6.54 Å². The van der Waals surface area contributed by atoms with E-state index in [1.807, 2.05) is 69.3 Å². The summed E-state index contributed by atoms with van der Waals surface area (Å²) >= 11 is 13.1. The van der Waals surface area contributed by atoms with Gasteiger partial charge in [0.15, 0.2) is 5.75 Å². The quantitative estimate of drug-likeness (QED) is 0.337. The smallest absolute Gasteiger partial charge is 0.251 e. The fourth-order valence-corrected chi connectivity index (χ4v) is 4.10. The maximum absolute atomic E-state index is 12.3. The molecule has 0 amide bonds. The maximum atomic E-state index is 12.3. The number of hydrogen-bond donors (Lipinski definition) is 0. The Morgan fingerprint density at radius 2 is 1.45 bits per heavy atom. The average molecular weight is 453 g/mol. The van der Waals surface area contributed by atoms with Gasteiger partial charge < -0.3 is 13.9 Å². The van der Waals surface area contributed by atoms with Crippen LogP contribution in [0.1, 0.15) is 22.5 Å². The van der Waals surface area contributed by atoms with Crippen molar-refractivity contribution in [2.75, 3.05) is 0 Å². The second kappa shape index (κ2) is 8.66. The van der Waals surface area contributed by atoms with Gasteiger partial charge in [0.1, 0.15) is 5.75 Å². The monoisotopic (exact) mass is 452 g/mol. The van der Waals surface area contributed by atoms with Crippen molar-refractivity contribution in [1.29, 1.82) is 0 Å². The van der Waals surface area contributed by atoms with E-state index in [1.54, 1.807) is 16.8 Å². The average Bonchev–Trinajstić information content (AvgIpc) is 3.07. The van der Waals surface area contributed by atoms with E-state index in [-0.39, 0.29) is 5.56 Å². The highest BCUT2D eigenvalue weighted by molar-refractivity contribution is 6.37. The number of ether oxygens (including phenoxy) is 1. The number of aromatic nitrogens is 2. The van der Waals surface area contributed by atoms with Crippen LogP contribution < -0.4 is 10.3 Å². The van der Waals surface area contributed by atoms with E-state index in [0.29, 0.717) is 28.1 Å². The third kappa shape index (κ3) is 4.55. The van der Waals surface area contributed by atoms with Crippen LogP contribution in [0.2, 0.25) is 10.0 Å². The van der Waals surface area contributed by atoms with Gasteiger partial charge in [0.2, 0.25) is 0 Å². The highest BCUT2D eigenvalue weighted by atomic mass is 35.5. The molecule has 158 valence electrons. The molecule has 0 fully saturated rings. The molecule has 2 aromatic heterocycles. The van der Waals surface area contributed by atoms with Gasteiger partial charge >= 0.3 is 0 Å². The molecule has 2 aromatic carbocycles. The van der Waals surface area contributed by atoms with E-state index in [1.165, 1.54) is 11.6 Å². The molecule has 0 unspecified atom stereocenters. The Balaban J connectivity index is 1.63. The van der Waals surface area contributed by atoms with Crippen LogP contribution in [0.3, 0.4) is 0 Å². The lowest BCUT2D eigenvalue weighted by molar-refractivity contribution is 0.474. The summed E-state index contributed by atoms with van der Waals surface area (Å²) in [5, 5.41) is 0.789. The molecule has 4 rings (SSSR count). The van der Waals surface area contributed by atoms with E-state index in [9.17, 15) is 4.79 Å². The first-order valence-corrected chi connectivity index (χ1v) is 10.7. The highest BCUT2D eigenvalue weighted by Gasteiger charge is 2.14. The van der Waals surface area contributed by atoms with E-state index < -0.39 is 0 Å². The molecule has 6 heteroatoms.